The Balaban J connectivity index is 0.00000338. The number of hydrogen-bond acceptors (Lipinski definition) is 5. The first-order valence-corrected chi connectivity index (χ1v) is 10.0. The van der Waals surface area contributed by atoms with Crippen molar-refractivity contribution in [3.05, 3.63) is 29.8 Å². The van der Waals surface area contributed by atoms with Gasteiger partial charge in [0.2, 0.25) is 15.9 Å². The number of nitrogens with zero attached hydrogens (tertiary/aromatic N) is 1. The molecule has 0 radical (unpaired) electrons. The van der Waals surface area contributed by atoms with E-state index in [1.807, 2.05) is 0 Å². The number of sulfonamides is 1. The zero-order valence-corrected chi connectivity index (χ0v) is 16.7. The van der Waals surface area contributed by atoms with Crippen molar-refractivity contribution in [1.29, 1.82) is 0 Å². The van der Waals surface area contributed by atoms with Gasteiger partial charge in [0.05, 0.1) is 17.4 Å². The number of ether oxygens (including phenoxy) is 1. The molecule has 9 heteroatoms. The average Bonchev–Trinajstić information content (AvgIpc) is 2.65. The summed E-state index contributed by atoms with van der Waals surface area (Å²) in [5.74, 6) is -0.220. The Kier molecular flexibility index (Phi) is 9.52. The smallest absolute Gasteiger partial charge is 0.243 e. The van der Waals surface area contributed by atoms with Crippen LogP contribution >= 0.6 is 12.4 Å². The van der Waals surface area contributed by atoms with E-state index < -0.39 is 10.0 Å². The fraction of sp³-hybridized carbons (Fsp3) is 0.588. The first-order chi connectivity index (χ1) is 12.0. The van der Waals surface area contributed by atoms with Gasteiger partial charge in [-0.1, -0.05) is 24.6 Å². The van der Waals surface area contributed by atoms with Gasteiger partial charge in [-0.3, -0.25) is 4.79 Å². The van der Waals surface area contributed by atoms with Gasteiger partial charge >= 0.3 is 0 Å². The molecule has 0 saturated carbocycles. The molecule has 1 aromatic carbocycles. The second-order valence-electron chi connectivity index (χ2n) is 6.15. The lowest BCUT2D eigenvalue weighted by Gasteiger charge is -2.26. The van der Waals surface area contributed by atoms with Gasteiger partial charge in [0, 0.05) is 33.3 Å². The largest absolute Gasteiger partial charge is 0.380 e. The number of nitrogens with one attached hydrogen (secondary N) is 1. The lowest BCUT2D eigenvalue weighted by molar-refractivity contribution is -0.123. The summed E-state index contributed by atoms with van der Waals surface area (Å²) in [5.41, 5.74) is 6.10. The summed E-state index contributed by atoms with van der Waals surface area (Å²) in [6.07, 6.45) is 2.64. The van der Waals surface area contributed by atoms with Crippen LogP contribution in [0, 0.1) is 0 Å². The normalized spacial score (nSPS) is 16.5. The van der Waals surface area contributed by atoms with Crippen molar-refractivity contribution in [3.63, 3.8) is 0 Å². The molecule has 7 nitrogen and oxygen atoms in total. The summed E-state index contributed by atoms with van der Waals surface area (Å²) in [7, 11) is -2.03. The maximum absolute atomic E-state index is 12.9. The topological polar surface area (TPSA) is 102 Å². The van der Waals surface area contributed by atoms with E-state index in [2.05, 4.69) is 5.32 Å². The van der Waals surface area contributed by atoms with Crippen molar-refractivity contribution in [3.8, 4) is 0 Å². The molecule has 1 heterocycles. The number of hydrogen-bond donors (Lipinski definition) is 2. The fourth-order valence-corrected chi connectivity index (χ4v) is 4.62. The van der Waals surface area contributed by atoms with Crippen LogP contribution in [0.1, 0.15) is 31.2 Å². The van der Waals surface area contributed by atoms with Gasteiger partial charge in [0.25, 0.3) is 0 Å². The maximum Gasteiger partial charge on any atom is 0.243 e. The molecule has 1 unspecified atom stereocenters. The van der Waals surface area contributed by atoms with E-state index in [1.165, 1.54) is 11.4 Å². The highest BCUT2D eigenvalue weighted by Gasteiger charge is 2.27. The first kappa shape index (κ1) is 22.9. The summed E-state index contributed by atoms with van der Waals surface area (Å²) < 4.78 is 32.4. The Bertz CT molecular complexity index is 674. The predicted octanol–water partition coefficient (Wildman–Crippen LogP) is 1.26. The van der Waals surface area contributed by atoms with Crippen molar-refractivity contribution in [2.24, 2.45) is 5.73 Å². The van der Waals surface area contributed by atoms with E-state index in [1.54, 1.807) is 24.3 Å². The van der Waals surface area contributed by atoms with Crippen molar-refractivity contribution in [2.75, 3.05) is 26.7 Å². The fourth-order valence-electron chi connectivity index (χ4n) is 2.88. The number of carbonyl (C=O) groups excluding carboxylic acids is 1. The number of piperidine rings is 1. The van der Waals surface area contributed by atoms with Crippen LogP contribution in [0.25, 0.3) is 0 Å². The van der Waals surface area contributed by atoms with Crippen molar-refractivity contribution in [2.45, 2.75) is 43.2 Å². The number of amides is 1. The number of rotatable bonds is 8. The molecule has 26 heavy (non-hydrogen) atoms. The summed E-state index contributed by atoms with van der Waals surface area (Å²) in [6.45, 7) is 1.51. The van der Waals surface area contributed by atoms with Crippen LogP contribution in [0.3, 0.4) is 0 Å². The number of methoxy groups -OCH3 is 1. The molecule has 3 N–H and O–H groups in total. The SMILES string of the molecule is COC(CN)CC(=O)NCc1ccccc1S(=O)(=O)N1CCCCC1.Cl. The third-order valence-electron chi connectivity index (χ3n) is 4.39. The van der Waals surface area contributed by atoms with Crippen LogP contribution in [0.2, 0.25) is 0 Å². The highest BCUT2D eigenvalue weighted by Crippen LogP contribution is 2.23. The quantitative estimate of drug-likeness (QED) is 0.678. The molecule has 148 valence electrons. The second-order valence-corrected chi connectivity index (χ2v) is 8.05. The van der Waals surface area contributed by atoms with E-state index in [0.29, 0.717) is 18.7 Å². The Morgan fingerprint density at radius 2 is 1.92 bits per heavy atom. The molecule has 1 fully saturated rings. The van der Waals surface area contributed by atoms with Crippen LogP contribution in [0.4, 0.5) is 0 Å². The Labute approximate surface area is 161 Å². The van der Waals surface area contributed by atoms with Crippen LogP contribution in [-0.2, 0) is 26.1 Å². The summed E-state index contributed by atoms with van der Waals surface area (Å²) in [4.78, 5) is 12.3. The van der Waals surface area contributed by atoms with Crippen LogP contribution in [0.5, 0.6) is 0 Å². The summed E-state index contributed by atoms with van der Waals surface area (Å²) >= 11 is 0. The molecule has 0 bridgehead atoms. The molecular formula is C17H28ClN3O4S. The van der Waals surface area contributed by atoms with Gasteiger partial charge < -0.3 is 15.8 Å². The molecule has 1 atom stereocenters. The maximum atomic E-state index is 12.9. The number of halogens is 1. The molecule has 1 aliphatic rings. The molecule has 0 spiro atoms. The Morgan fingerprint density at radius 3 is 2.54 bits per heavy atom. The highest BCUT2D eigenvalue weighted by molar-refractivity contribution is 7.89. The number of benzene rings is 1. The molecule has 1 aliphatic heterocycles. The van der Waals surface area contributed by atoms with Crippen LogP contribution in [-0.4, -0.2) is 51.5 Å². The predicted molar refractivity (Wildman–Crippen MR) is 103 cm³/mol. The zero-order valence-electron chi connectivity index (χ0n) is 15.0. The summed E-state index contributed by atoms with van der Waals surface area (Å²) in [6, 6.07) is 6.81. The van der Waals surface area contributed by atoms with Crippen molar-refractivity contribution < 1.29 is 17.9 Å². The molecule has 2 rings (SSSR count). The minimum absolute atomic E-state index is 0. The van der Waals surface area contributed by atoms with Crippen molar-refractivity contribution in [1.82, 2.24) is 9.62 Å². The third-order valence-corrected chi connectivity index (χ3v) is 6.39. The molecular weight excluding hydrogens is 378 g/mol. The Hall–Kier alpha value is -1.19. The Morgan fingerprint density at radius 1 is 1.27 bits per heavy atom. The molecule has 0 aromatic heterocycles. The van der Waals surface area contributed by atoms with Gasteiger partial charge in [-0.2, -0.15) is 4.31 Å². The molecule has 1 amide bonds. The second kappa shape index (κ2) is 10.8. The van der Waals surface area contributed by atoms with Gasteiger partial charge in [-0.15, -0.1) is 12.4 Å². The third kappa shape index (κ3) is 5.92. The summed E-state index contributed by atoms with van der Waals surface area (Å²) in [5, 5.41) is 2.76. The van der Waals surface area contributed by atoms with E-state index in [4.69, 9.17) is 10.5 Å². The minimum atomic E-state index is -3.54. The van der Waals surface area contributed by atoms with Crippen LogP contribution in [0.15, 0.2) is 29.2 Å². The lowest BCUT2D eigenvalue weighted by atomic mass is 10.2. The highest BCUT2D eigenvalue weighted by atomic mass is 35.5. The van der Waals surface area contributed by atoms with Gasteiger partial charge in [0.1, 0.15) is 0 Å². The number of nitrogens with two attached hydrogens (primary N) is 1. The van der Waals surface area contributed by atoms with Gasteiger partial charge in [-0.25, -0.2) is 8.42 Å². The molecule has 0 aliphatic carbocycles. The molecule has 1 saturated heterocycles. The zero-order chi connectivity index (χ0) is 18.3. The van der Waals surface area contributed by atoms with E-state index in [9.17, 15) is 13.2 Å². The van der Waals surface area contributed by atoms with Crippen molar-refractivity contribution >= 4 is 28.3 Å². The molecule has 1 aromatic rings. The monoisotopic (exact) mass is 405 g/mol. The number of carbonyl (C=O) groups is 1. The van der Waals surface area contributed by atoms with E-state index in [-0.39, 0.29) is 48.8 Å². The van der Waals surface area contributed by atoms with E-state index >= 15 is 0 Å². The van der Waals surface area contributed by atoms with E-state index in [0.717, 1.165) is 19.3 Å². The first-order valence-electron chi connectivity index (χ1n) is 8.56. The minimum Gasteiger partial charge on any atom is -0.380 e. The van der Waals surface area contributed by atoms with Crippen LogP contribution < -0.4 is 11.1 Å². The van der Waals surface area contributed by atoms with Gasteiger partial charge in [0.15, 0.2) is 0 Å². The lowest BCUT2D eigenvalue weighted by Crippen LogP contribution is -2.36. The van der Waals surface area contributed by atoms with Gasteiger partial charge in [-0.05, 0) is 24.5 Å². The standard InChI is InChI=1S/C17H27N3O4S.ClH/c1-24-15(12-18)11-17(21)19-13-14-7-3-4-8-16(14)25(22,23)20-9-5-2-6-10-20;/h3-4,7-8,15H,2,5-6,9-13,18H2,1H3,(H,19,21);1H. The average molecular weight is 406 g/mol.